The number of hydrogen-bond acceptors (Lipinski definition) is 3. The number of nitrogens with two attached hydrogens (primary N) is 1. The molecule has 25 heavy (non-hydrogen) atoms. The Kier molecular flexibility index (Phi) is 6.81. The van der Waals surface area contributed by atoms with E-state index < -0.39 is 10.6 Å². The number of aliphatic imine (C=N–C) groups is 1. The van der Waals surface area contributed by atoms with Crippen LogP contribution in [0.2, 0.25) is 0 Å². The molecule has 9 heteroatoms. The van der Waals surface area contributed by atoms with Gasteiger partial charge in [-0.2, -0.15) is 0 Å². The Morgan fingerprint density at radius 1 is 1.44 bits per heavy atom. The molecular weight excluding hydrogens is 497 g/mol. The topological polar surface area (TPSA) is 76.7 Å². The minimum absolute atomic E-state index is 0.150. The highest BCUT2D eigenvalue weighted by Gasteiger charge is 2.43. The lowest BCUT2D eigenvalue weighted by Crippen LogP contribution is -2.41. The molecule has 0 spiro atoms. The summed E-state index contributed by atoms with van der Waals surface area (Å²) < 4.78 is 6.15. The van der Waals surface area contributed by atoms with Crippen LogP contribution in [0.5, 0.6) is 0 Å². The van der Waals surface area contributed by atoms with E-state index in [4.69, 9.17) is 33.7 Å². The van der Waals surface area contributed by atoms with E-state index in [-0.39, 0.29) is 18.1 Å². The van der Waals surface area contributed by atoms with Gasteiger partial charge in [-0.3, -0.25) is 9.79 Å². The molecule has 1 atom stereocenters. The van der Waals surface area contributed by atoms with Gasteiger partial charge in [-0.15, -0.1) is 0 Å². The van der Waals surface area contributed by atoms with Crippen LogP contribution in [0.15, 0.2) is 31.8 Å². The molecule has 2 rings (SSSR count). The van der Waals surface area contributed by atoms with E-state index >= 15 is 0 Å². The van der Waals surface area contributed by atoms with Gasteiger partial charge in [-0.1, -0.05) is 55.1 Å². The summed E-state index contributed by atoms with van der Waals surface area (Å²) in [4.78, 5) is 16.2. The molecule has 3 N–H and O–H groups in total. The fraction of sp³-hybridized carbons (Fsp3) is 0.375. The Morgan fingerprint density at radius 2 is 2.04 bits per heavy atom. The highest BCUT2D eigenvalue weighted by molar-refractivity contribution is 9.11. The first kappa shape index (κ1) is 20.6. The standard InChI is InChI=1S/C16H17Br2Cl2N3O2/c1-8-11(17)5-10(6-12(8)18)7-13-14(24)23-15(25-13)16(19,20)3-4-22-9(2)21/h5-7,15H,3-4H2,1-2H3,(H2,21,22)(H,23,24)/b13-7-. The summed E-state index contributed by atoms with van der Waals surface area (Å²) in [6.07, 6.45) is 1.06. The number of carbonyl (C=O) groups is 1. The maximum atomic E-state index is 12.2. The van der Waals surface area contributed by atoms with Gasteiger partial charge in [-0.25, -0.2) is 0 Å². The molecule has 1 unspecified atom stereocenters. The number of nitrogens with zero attached hydrogens (tertiary/aromatic N) is 1. The van der Waals surface area contributed by atoms with Crippen LogP contribution in [0, 0.1) is 6.92 Å². The summed E-state index contributed by atoms with van der Waals surface area (Å²) in [5, 5.41) is 2.65. The fourth-order valence-corrected chi connectivity index (χ4v) is 3.69. The first-order valence-electron chi connectivity index (χ1n) is 7.39. The van der Waals surface area contributed by atoms with Crippen molar-refractivity contribution < 1.29 is 9.53 Å². The third-order valence-corrected chi connectivity index (χ3v) is 5.94. The number of ether oxygens (including phenoxy) is 1. The zero-order valence-corrected chi connectivity index (χ0v) is 18.3. The number of amides is 1. The Balaban J connectivity index is 2.15. The first-order valence-corrected chi connectivity index (χ1v) is 9.73. The molecule has 5 nitrogen and oxygen atoms in total. The second kappa shape index (κ2) is 8.29. The Bertz CT molecular complexity index is 724. The van der Waals surface area contributed by atoms with Crippen molar-refractivity contribution in [3.63, 3.8) is 0 Å². The normalized spacial score (nSPS) is 19.9. The van der Waals surface area contributed by atoms with Crippen molar-refractivity contribution in [2.45, 2.75) is 30.8 Å². The molecule has 1 heterocycles. The number of halogens is 4. The van der Waals surface area contributed by atoms with Crippen LogP contribution in [-0.4, -0.2) is 28.8 Å². The number of benzene rings is 1. The number of rotatable bonds is 5. The summed E-state index contributed by atoms with van der Waals surface area (Å²) in [6, 6.07) is 3.79. The van der Waals surface area contributed by atoms with Gasteiger partial charge in [0.15, 0.2) is 10.1 Å². The van der Waals surface area contributed by atoms with Gasteiger partial charge >= 0.3 is 0 Å². The predicted octanol–water partition coefficient (Wildman–Crippen LogP) is 4.27. The maximum Gasteiger partial charge on any atom is 0.289 e. The van der Waals surface area contributed by atoms with Crippen LogP contribution in [-0.2, 0) is 9.53 Å². The number of alkyl halides is 2. The lowest BCUT2D eigenvalue weighted by molar-refractivity contribution is -0.116. The number of hydrogen-bond donors (Lipinski definition) is 2. The van der Waals surface area contributed by atoms with Crippen molar-refractivity contribution in [3.05, 3.63) is 38.0 Å². The number of nitrogens with one attached hydrogen (secondary N) is 1. The van der Waals surface area contributed by atoms with E-state index in [1.165, 1.54) is 0 Å². The summed E-state index contributed by atoms with van der Waals surface area (Å²) in [6.45, 7) is 3.99. The quantitative estimate of drug-likeness (QED) is 0.267. The Hall–Kier alpha value is -0.760. The Labute approximate surface area is 173 Å². The average Bonchev–Trinajstić information content (AvgIpc) is 2.86. The lowest BCUT2D eigenvalue weighted by atomic mass is 10.1. The molecule has 1 aromatic carbocycles. The maximum absolute atomic E-state index is 12.2. The molecule has 0 saturated carbocycles. The van der Waals surface area contributed by atoms with Gasteiger partial charge in [0, 0.05) is 21.9 Å². The second-order valence-electron chi connectivity index (χ2n) is 5.62. The van der Waals surface area contributed by atoms with Gasteiger partial charge in [-0.05, 0) is 43.2 Å². The van der Waals surface area contributed by atoms with Crippen molar-refractivity contribution in [1.82, 2.24) is 5.32 Å². The highest BCUT2D eigenvalue weighted by Crippen LogP contribution is 2.35. The van der Waals surface area contributed by atoms with Crippen LogP contribution in [0.4, 0.5) is 0 Å². The van der Waals surface area contributed by atoms with E-state index in [1.54, 1.807) is 13.0 Å². The van der Waals surface area contributed by atoms with E-state index in [0.717, 1.165) is 20.1 Å². The zero-order chi connectivity index (χ0) is 18.8. The van der Waals surface area contributed by atoms with Crippen LogP contribution in [0.1, 0.15) is 24.5 Å². The van der Waals surface area contributed by atoms with E-state index in [0.29, 0.717) is 12.4 Å². The molecule has 1 fully saturated rings. The second-order valence-corrected chi connectivity index (χ2v) is 8.87. The summed E-state index contributed by atoms with van der Waals surface area (Å²) in [5.41, 5.74) is 7.35. The summed E-state index contributed by atoms with van der Waals surface area (Å²) in [5.74, 6) is 0.218. The van der Waals surface area contributed by atoms with E-state index in [1.807, 2.05) is 19.1 Å². The van der Waals surface area contributed by atoms with Crippen molar-refractivity contribution >= 4 is 72.9 Å². The van der Waals surface area contributed by atoms with E-state index in [9.17, 15) is 4.79 Å². The summed E-state index contributed by atoms with van der Waals surface area (Å²) >= 11 is 19.6. The lowest BCUT2D eigenvalue weighted by Gasteiger charge is -2.24. The molecule has 1 saturated heterocycles. The zero-order valence-electron chi connectivity index (χ0n) is 13.6. The molecule has 0 aromatic heterocycles. The predicted molar refractivity (Wildman–Crippen MR) is 109 cm³/mol. The average molecular weight is 514 g/mol. The molecule has 1 aliphatic heterocycles. The largest absolute Gasteiger partial charge is 0.462 e. The van der Waals surface area contributed by atoms with Crippen molar-refractivity contribution in [2.75, 3.05) is 6.54 Å². The molecule has 0 bridgehead atoms. The van der Waals surface area contributed by atoms with Crippen molar-refractivity contribution in [1.29, 1.82) is 0 Å². The molecule has 1 aromatic rings. The monoisotopic (exact) mass is 511 g/mol. The van der Waals surface area contributed by atoms with Crippen LogP contribution < -0.4 is 11.1 Å². The van der Waals surface area contributed by atoms with Gasteiger partial charge in [0.25, 0.3) is 5.91 Å². The van der Waals surface area contributed by atoms with Crippen molar-refractivity contribution in [2.24, 2.45) is 10.7 Å². The number of amidine groups is 1. The van der Waals surface area contributed by atoms with Gasteiger partial charge in [0.2, 0.25) is 6.23 Å². The van der Waals surface area contributed by atoms with Gasteiger partial charge in [0.1, 0.15) is 0 Å². The molecule has 1 aliphatic rings. The van der Waals surface area contributed by atoms with Crippen LogP contribution in [0.25, 0.3) is 6.08 Å². The summed E-state index contributed by atoms with van der Waals surface area (Å²) in [7, 11) is 0. The van der Waals surface area contributed by atoms with Gasteiger partial charge < -0.3 is 15.8 Å². The minimum Gasteiger partial charge on any atom is -0.462 e. The van der Waals surface area contributed by atoms with Crippen molar-refractivity contribution in [3.8, 4) is 0 Å². The smallest absolute Gasteiger partial charge is 0.289 e. The molecule has 0 aliphatic carbocycles. The molecular formula is C16H17Br2Cl2N3O2. The van der Waals surface area contributed by atoms with Crippen LogP contribution >= 0.6 is 55.1 Å². The SMILES string of the molecule is CC(N)=NCCC(Cl)(Cl)C1NC(=O)/C(=C/c2cc(Br)c(C)c(Br)c2)O1. The molecule has 0 radical (unpaired) electrons. The molecule has 136 valence electrons. The fourth-order valence-electron chi connectivity index (χ4n) is 2.10. The minimum atomic E-state index is -1.32. The number of carbonyl (C=O) groups excluding carboxylic acids is 1. The van der Waals surface area contributed by atoms with Crippen LogP contribution in [0.3, 0.4) is 0 Å². The third kappa shape index (κ3) is 5.36. The third-order valence-electron chi connectivity index (χ3n) is 3.52. The first-order chi connectivity index (χ1) is 11.6. The Morgan fingerprint density at radius 3 is 2.60 bits per heavy atom. The van der Waals surface area contributed by atoms with E-state index in [2.05, 4.69) is 42.2 Å². The molecule has 1 amide bonds. The van der Waals surface area contributed by atoms with Gasteiger partial charge in [0.05, 0.1) is 5.84 Å². The highest BCUT2D eigenvalue weighted by atomic mass is 79.9.